The maximum absolute atomic E-state index is 11.6. The minimum absolute atomic E-state index is 0.321. The molecule has 1 atom stereocenters. The Morgan fingerprint density at radius 1 is 0.967 bits per heavy atom. The van der Waals surface area contributed by atoms with Gasteiger partial charge in [0, 0.05) is 5.56 Å². The van der Waals surface area contributed by atoms with Gasteiger partial charge in [-0.2, -0.15) is 0 Å². The highest BCUT2D eigenvalue weighted by atomic mass is 16.5. The molecule has 2 rings (SSSR count). The molecule has 30 heavy (non-hydrogen) atoms. The smallest absolute Gasteiger partial charge is 0.337 e. The predicted molar refractivity (Wildman–Crippen MR) is 126 cm³/mol. The Kier molecular flexibility index (Phi) is 9.66. The Balaban J connectivity index is 1.96. The average Bonchev–Trinajstić information content (AvgIpc) is 2.72. The van der Waals surface area contributed by atoms with Crippen molar-refractivity contribution in [3.63, 3.8) is 0 Å². The van der Waals surface area contributed by atoms with Gasteiger partial charge in [-0.15, -0.1) is 0 Å². The second kappa shape index (κ2) is 12.2. The van der Waals surface area contributed by atoms with E-state index in [1.165, 1.54) is 31.9 Å². The van der Waals surface area contributed by atoms with Gasteiger partial charge in [0.15, 0.2) is 0 Å². The fraction of sp³-hybridized carbons (Fsp3) is 0.444. The van der Waals surface area contributed by atoms with Crippen LogP contribution < -0.4 is 4.74 Å². The Morgan fingerprint density at radius 2 is 1.70 bits per heavy atom. The second-order valence-electron chi connectivity index (χ2n) is 8.56. The van der Waals surface area contributed by atoms with E-state index in [-0.39, 0.29) is 5.97 Å². The number of ether oxygens (including phenoxy) is 2. The van der Waals surface area contributed by atoms with Gasteiger partial charge >= 0.3 is 5.97 Å². The van der Waals surface area contributed by atoms with Crippen molar-refractivity contribution >= 4 is 18.1 Å². The molecule has 0 saturated carbocycles. The summed E-state index contributed by atoms with van der Waals surface area (Å²) in [7, 11) is 1.39. The van der Waals surface area contributed by atoms with E-state index in [0.29, 0.717) is 11.5 Å². The zero-order valence-electron chi connectivity index (χ0n) is 19.1. The highest BCUT2D eigenvalue weighted by Gasteiger charge is 2.07. The molecule has 2 aromatic rings. The molecule has 3 heteroatoms. The van der Waals surface area contributed by atoms with Gasteiger partial charge in [-0.1, -0.05) is 76.5 Å². The van der Waals surface area contributed by atoms with Crippen LogP contribution in [0.1, 0.15) is 73.5 Å². The van der Waals surface area contributed by atoms with Crippen molar-refractivity contribution in [2.75, 3.05) is 13.7 Å². The van der Waals surface area contributed by atoms with E-state index in [1.54, 1.807) is 12.1 Å². The van der Waals surface area contributed by atoms with Gasteiger partial charge in [-0.05, 0) is 54.5 Å². The lowest BCUT2D eigenvalue weighted by Crippen LogP contribution is -2.05. The fourth-order valence-electron chi connectivity index (χ4n) is 3.33. The van der Waals surface area contributed by atoms with Gasteiger partial charge in [-0.25, -0.2) is 4.79 Å². The fourth-order valence-corrected chi connectivity index (χ4v) is 3.33. The number of hydrogen-bond acceptors (Lipinski definition) is 3. The Bertz CT molecular complexity index is 819. The first-order chi connectivity index (χ1) is 14.4. The van der Waals surface area contributed by atoms with E-state index < -0.39 is 0 Å². The molecule has 0 fully saturated rings. The lowest BCUT2D eigenvalue weighted by atomic mass is 9.98. The van der Waals surface area contributed by atoms with Crippen molar-refractivity contribution in [1.29, 1.82) is 0 Å². The van der Waals surface area contributed by atoms with E-state index >= 15 is 0 Å². The second-order valence-corrected chi connectivity index (χ2v) is 8.56. The predicted octanol–water partition coefficient (Wildman–Crippen LogP) is 7.18. The van der Waals surface area contributed by atoms with Gasteiger partial charge in [0.1, 0.15) is 5.75 Å². The molecular weight excluding hydrogens is 372 g/mol. The molecular formula is C27H36O3. The summed E-state index contributed by atoms with van der Waals surface area (Å²) in [5.41, 5.74) is 3.82. The van der Waals surface area contributed by atoms with E-state index in [2.05, 4.69) is 52.0 Å². The van der Waals surface area contributed by atoms with E-state index in [0.717, 1.165) is 35.8 Å². The van der Waals surface area contributed by atoms with Crippen LogP contribution in [0.2, 0.25) is 0 Å². The summed E-state index contributed by atoms with van der Waals surface area (Å²) >= 11 is 0. The molecule has 0 bridgehead atoms. The van der Waals surface area contributed by atoms with E-state index in [4.69, 9.17) is 9.47 Å². The summed E-state index contributed by atoms with van der Waals surface area (Å²) in [5, 5.41) is 0. The molecule has 1 unspecified atom stereocenters. The molecule has 2 aromatic carbocycles. The maximum Gasteiger partial charge on any atom is 0.337 e. The van der Waals surface area contributed by atoms with Crippen molar-refractivity contribution in [2.45, 2.75) is 53.4 Å². The third kappa shape index (κ3) is 8.06. The van der Waals surface area contributed by atoms with Crippen LogP contribution in [0.25, 0.3) is 12.2 Å². The molecule has 0 aromatic heterocycles. The summed E-state index contributed by atoms with van der Waals surface area (Å²) in [6.45, 7) is 9.71. The minimum atomic E-state index is -0.321. The molecule has 162 valence electrons. The molecule has 0 aliphatic rings. The zero-order valence-corrected chi connectivity index (χ0v) is 19.1. The van der Waals surface area contributed by atoms with Crippen LogP contribution in [-0.2, 0) is 4.74 Å². The first-order valence-corrected chi connectivity index (χ1v) is 11.0. The molecule has 0 spiro atoms. The SMILES string of the molecule is COC(=O)c1ccc(/C=C\c2ccc(C)cc2OCCC(C)CCCC(C)C)cc1. The van der Waals surface area contributed by atoms with Crippen LogP contribution in [0.5, 0.6) is 5.75 Å². The van der Waals surface area contributed by atoms with Crippen LogP contribution in [0.15, 0.2) is 42.5 Å². The lowest BCUT2D eigenvalue weighted by molar-refractivity contribution is 0.0600. The van der Waals surface area contributed by atoms with Gasteiger partial charge in [0.2, 0.25) is 0 Å². The number of methoxy groups -OCH3 is 1. The molecule has 0 amide bonds. The molecule has 0 aliphatic carbocycles. The number of rotatable bonds is 11. The largest absolute Gasteiger partial charge is 0.493 e. The van der Waals surface area contributed by atoms with Crippen LogP contribution >= 0.6 is 0 Å². The average molecular weight is 409 g/mol. The molecule has 0 heterocycles. The van der Waals surface area contributed by atoms with Gasteiger partial charge in [0.25, 0.3) is 0 Å². The van der Waals surface area contributed by atoms with Crippen LogP contribution in [0, 0.1) is 18.8 Å². The number of hydrogen-bond donors (Lipinski definition) is 0. The highest BCUT2D eigenvalue weighted by molar-refractivity contribution is 5.89. The van der Waals surface area contributed by atoms with E-state index in [9.17, 15) is 4.79 Å². The Morgan fingerprint density at radius 3 is 2.37 bits per heavy atom. The van der Waals surface area contributed by atoms with E-state index in [1.807, 2.05) is 18.2 Å². The lowest BCUT2D eigenvalue weighted by Gasteiger charge is -2.14. The van der Waals surface area contributed by atoms with Crippen LogP contribution in [0.3, 0.4) is 0 Å². The van der Waals surface area contributed by atoms with Gasteiger partial charge in [-0.3, -0.25) is 0 Å². The van der Waals surface area contributed by atoms with Crippen molar-refractivity contribution in [1.82, 2.24) is 0 Å². The molecule has 0 N–H and O–H groups in total. The van der Waals surface area contributed by atoms with Crippen molar-refractivity contribution in [2.24, 2.45) is 11.8 Å². The summed E-state index contributed by atoms with van der Waals surface area (Å²) in [5.74, 6) is 2.07. The summed E-state index contributed by atoms with van der Waals surface area (Å²) in [4.78, 5) is 11.6. The Hall–Kier alpha value is -2.55. The topological polar surface area (TPSA) is 35.5 Å². The quantitative estimate of drug-likeness (QED) is 0.292. The van der Waals surface area contributed by atoms with Crippen molar-refractivity contribution in [3.8, 4) is 5.75 Å². The van der Waals surface area contributed by atoms with Gasteiger partial charge < -0.3 is 9.47 Å². The normalized spacial score (nSPS) is 12.3. The monoisotopic (exact) mass is 408 g/mol. The number of esters is 1. The number of aryl methyl sites for hydroxylation is 1. The number of carbonyl (C=O) groups is 1. The minimum Gasteiger partial charge on any atom is -0.493 e. The summed E-state index contributed by atoms with van der Waals surface area (Å²) in [6, 6.07) is 13.7. The third-order valence-electron chi connectivity index (χ3n) is 5.30. The molecule has 0 saturated heterocycles. The highest BCUT2D eigenvalue weighted by Crippen LogP contribution is 2.24. The number of benzene rings is 2. The Labute approximate surface area is 182 Å². The first kappa shape index (κ1) is 23.7. The maximum atomic E-state index is 11.6. The summed E-state index contributed by atoms with van der Waals surface area (Å²) in [6.07, 6.45) is 9.04. The van der Waals surface area contributed by atoms with Crippen molar-refractivity contribution < 1.29 is 14.3 Å². The zero-order chi connectivity index (χ0) is 21.9. The summed E-state index contributed by atoms with van der Waals surface area (Å²) < 4.78 is 10.9. The number of carbonyl (C=O) groups excluding carboxylic acids is 1. The molecule has 3 nitrogen and oxygen atoms in total. The standard InChI is InChI=1S/C27H36O3/c1-20(2)7-6-8-21(3)17-18-30-26-19-22(4)9-13-24(26)14-10-23-11-15-25(16-12-23)27(28)29-5/h9-16,19-21H,6-8,17-18H2,1-5H3/b14-10-. The van der Waals surface area contributed by atoms with Crippen molar-refractivity contribution in [3.05, 3.63) is 64.7 Å². The van der Waals surface area contributed by atoms with Crippen LogP contribution in [-0.4, -0.2) is 19.7 Å². The first-order valence-electron chi connectivity index (χ1n) is 11.0. The molecule has 0 aliphatic heterocycles. The van der Waals surface area contributed by atoms with Gasteiger partial charge in [0.05, 0.1) is 19.3 Å². The third-order valence-corrected chi connectivity index (χ3v) is 5.30. The molecule has 0 radical (unpaired) electrons. The van der Waals surface area contributed by atoms with Crippen LogP contribution in [0.4, 0.5) is 0 Å².